The second-order valence-corrected chi connectivity index (χ2v) is 3.50. The molecular weight excluding hydrogens is 239 g/mol. The summed E-state index contributed by atoms with van der Waals surface area (Å²) >= 11 is 0. The van der Waals surface area contributed by atoms with Gasteiger partial charge in [0, 0.05) is 12.7 Å². The van der Waals surface area contributed by atoms with E-state index in [4.69, 9.17) is 0 Å². The number of hydrogen-bond donors (Lipinski definition) is 1. The van der Waals surface area contributed by atoms with Crippen molar-refractivity contribution < 1.29 is 18.7 Å². The van der Waals surface area contributed by atoms with Crippen molar-refractivity contribution in [2.45, 2.75) is 6.92 Å². The Morgan fingerprint density at radius 2 is 2.17 bits per heavy atom. The summed E-state index contributed by atoms with van der Waals surface area (Å²) in [6.45, 7) is 1.72. The third-order valence-electron chi connectivity index (χ3n) is 2.19. The van der Waals surface area contributed by atoms with Gasteiger partial charge in [-0.05, 0) is 25.1 Å². The normalized spacial score (nSPS) is 9.72. The Morgan fingerprint density at radius 3 is 2.78 bits per heavy atom. The Morgan fingerprint density at radius 1 is 1.44 bits per heavy atom. The molecule has 5 nitrogen and oxygen atoms in total. The average Bonchev–Trinajstić information content (AvgIpc) is 2.35. The van der Waals surface area contributed by atoms with Crippen LogP contribution in [0.5, 0.6) is 0 Å². The maximum absolute atomic E-state index is 13.0. The number of nitrogens with zero attached hydrogens (tertiary/aromatic N) is 1. The first kappa shape index (κ1) is 14.0. The Balaban J connectivity index is 2.54. The highest BCUT2D eigenvalue weighted by molar-refractivity contribution is 5.93. The van der Waals surface area contributed by atoms with Gasteiger partial charge in [0.2, 0.25) is 0 Å². The van der Waals surface area contributed by atoms with Crippen molar-refractivity contribution in [2.75, 3.05) is 25.1 Å². The summed E-state index contributed by atoms with van der Waals surface area (Å²) in [7, 11) is 1.48. The van der Waals surface area contributed by atoms with Gasteiger partial charge in [-0.3, -0.25) is 9.69 Å². The molecule has 0 fully saturated rings. The number of anilines is 1. The number of rotatable bonds is 4. The molecule has 0 aliphatic rings. The highest BCUT2D eigenvalue weighted by atomic mass is 19.1. The van der Waals surface area contributed by atoms with Crippen LogP contribution in [0.2, 0.25) is 0 Å². The molecule has 0 radical (unpaired) electrons. The Bertz CT molecular complexity index is 437. The predicted molar refractivity (Wildman–Crippen MR) is 64.8 cm³/mol. The molecule has 0 aromatic heterocycles. The molecule has 0 aliphatic carbocycles. The third-order valence-corrected chi connectivity index (χ3v) is 2.19. The summed E-state index contributed by atoms with van der Waals surface area (Å²) in [6.07, 6.45) is 0. The van der Waals surface area contributed by atoms with E-state index in [0.717, 1.165) is 0 Å². The zero-order valence-corrected chi connectivity index (χ0v) is 10.3. The SMILES string of the molecule is CCOC(=O)CNC(=O)N(C)c1cccc(F)c1. The number of urea groups is 1. The van der Waals surface area contributed by atoms with Crippen LogP contribution in [0.3, 0.4) is 0 Å². The number of carbonyl (C=O) groups is 2. The summed E-state index contributed by atoms with van der Waals surface area (Å²) in [4.78, 5) is 23.9. The van der Waals surface area contributed by atoms with E-state index in [9.17, 15) is 14.0 Å². The summed E-state index contributed by atoms with van der Waals surface area (Å²) in [6, 6.07) is 5.10. The number of ether oxygens (including phenoxy) is 1. The molecule has 0 aliphatic heterocycles. The lowest BCUT2D eigenvalue weighted by Crippen LogP contribution is -2.40. The smallest absolute Gasteiger partial charge is 0.325 e. The van der Waals surface area contributed by atoms with Gasteiger partial charge in [-0.1, -0.05) is 6.07 Å². The number of nitrogens with one attached hydrogen (secondary N) is 1. The second-order valence-electron chi connectivity index (χ2n) is 3.50. The van der Waals surface area contributed by atoms with Crippen molar-refractivity contribution in [2.24, 2.45) is 0 Å². The molecule has 0 saturated carbocycles. The maximum atomic E-state index is 13.0. The van der Waals surface area contributed by atoms with Gasteiger partial charge in [-0.2, -0.15) is 0 Å². The minimum Gasteiger partial charge on any atom is -0.465 e. The number of halogens is 1. The first-order valence-electron chi connectivity index (χ1n) is 5.47. The zero-order chi connectivity index (χ0) is 13.5. The fourth-order valence-corrected chi connectivity index (χ4v) is 1.28. The standard InChI is InChI=1S/C12H15FN2O3/c1-3-18-11(16)8-14-12(17)15(2)10-6-4-5-9(13)7-10/h4-7H,3,8H2,1-2H3,(H,14,17). The fourth-order valence-electron chi connectivity index (χ4n) is 1.28. The second kappa shape index (κ2) is 6.58. The molecule has 2 amide bonds. The number of benzene rings is 1. The summed E-state index contributed by atoms with van der Waals surface area (Å²) in [5.41, 5.74) is 0.399. The molecule has 1 aromatic rings. The molecule has 0 heterocycles. The van der Waals surface area contributed by atoms with Gasteiger partial charge >= 0.3 is 12.0 Å². The van der Waals surface area contributed by atoms with Crippen LogP contribution in [0.25, 0.3) is 0 Å². The van der Waals surface area contributed by atoms with Gasteiger partial charge in [-0.25, -0.2) is 9.18 Å². The van der Waals surface area contributed by atoms with Crippen LogP contribution < -0.4 is 10.2 Å². The van der Waals surface area contributed by atoms with E-state index in [1.165, 1.54) is 30.1 Å². The van der Waals surface area contributed by atoms with Crippen LogP contribution in [0, 0.1) is 5.82 Å². The first-order chi connectivity index (χ1) is 8.54. The van der Waals surface area contributed by atoms with Gasteiger partial charge in [0.05, 0.1) is 6.61 Å². The lowest BCUT2D eigenvalue weighted by atomic mass is 10.3. The molecule has 1 rings (SSSR count). The highest BCUT2D eigenvalue weighted by Gasteiger charge is 2.12. The van der Waals surface area contributed by atoms with Crippen LogP contribution in [-0.4, -0.2) is 32.2 Å². The van der Waals surface area contributed by atoms with E-state index < -0.39 is 17.8 Å². The van der Waals surface area contributed by atoms with Crippen LogP contribution in [0.4, 0.5) is 14.9 Å². The Hall–Kier alpha value is -2.11. The van der Waals surface area contributed by atoms with E-state index >= 15 is 0 Å². The van der Waals surface area contributed by atoms with E-state index in [-0.39, 0.29) is 13.2 Å². The molecule has 0 bridgehead atoms. The average molecular weight is 254 g/mol. The van der Waals surface area contributed by atoms with E-state index in [2.05, 4.69) is 10.1 Å². The van der Waals surface area contributed by atoms with Crippen molar-refractivity contribution in [1.29, 1.82) is 0 Å². The summed E-state index contributed by atoms with van der Waals surface area (Å²) < 4.78 is 17.6. The van der Waals surface area contributed by atoms with Crippen LogP contribution >= 0.6 is 0 Å². The molecule has 18 heavy (non-hydrogen) atoms. The molecular formula is C12H15FN2O3. The minimum atomic E-state index is -0.515. The molecule has 1 aromatic carbocycles. The molecule has 0 spiro atoms. The maximum Gasteiger partial charge on any atom is 0.325 e. The predicted octanol–water partition coefficient (Wildman–Crippen LogP) is 1.53. The number of esters is 1. The topological polar surface area (TPSA) is 58.6 Å². The van der Waals surface area contributed by atoms with Crippen molar-refractivity contribution in [1.82, 2.24) is 5.32 Å². The first-order valence-corrected chi connectivity index (χ1v) is 5.47. The number of carbonyl (C=O) groups excluding carboxylic acids is 2. The van der Waals surface area contributed by atoms with Crippen molar-refractivity contribution in [3.05, 3.63) is 30.1 Å². The minimum absolute atomic E-state index is 0.216. The lowest BCUT2D eigenvalue weighted by Gasteiger charge is -2.17. The van der Waals surface area contributed by atoms with Crippen LogP contribution in [-0.2, 0) is 9.53 Å². The summed E-state index contributed by atoms with van der Waals surface area (Å²) in [5.74, 6) is -0.948. The molecule has 0 unspecified atom stereocenters. The third kappa shape index (κ3) is 4.04. The Kier molecular flexibility index (Phi) is 5.10. The fraction of sp³-hybridized carbons (Fsp3) is 0.333. The zero-order valence-electron chi connectivity index (χ0n) is 10.3. The van der Waals surface area contributed by atoms with Crippen LogP contribution in [0.1, 0.15) is 6.92 Å². The molecule has 0 atom stereocenters. The van der Waals surface area contributed by atoms with Gasteiger partial charge in [0.25, 0.3) is 0 Å². The van der Waals surface area contributed by atoms with Crippen molar-refractivity contribution in [3.63, 3.8) is 0 Å². The van der Waals surface area contributed by atoms with Gasteiger partial charge < -0.3 is 10.1 Å². The molecule has 6 heteroatoms. The van der Waals surface area contributed by atoms with Gasteiger partial charge in [0.1, 0.15) is 12.4 Å². The Labute approximate surface area is 105 Å². The number of hydrogen-bond acceptors (Lipinski definition) is 3. The van der Waals surface area contributed by atoms with Crippen molar-refractivity contribution >= 4 is 17.7 Å². The van der Waals surface area contributed by atoms with E-state index in [1.807, 2.05) is 0 Å². The molecule has 0 saturated heterocycles. The lowest BCUT2D eigenvalue weighted by molar-refractivity contribution is -0.141. The highest BCUT2D eigenvalue weighted by Crippen LogP contribution is 2.13. The monoisotopic (exact) mass is 254 g/mol. The number of amides is 2. The quantitative estimate of drug-likeness (QED) is 0.829. The van der Waals surface area contributed by atoms with Crippen molar-refractivity contribution in [3.8, 4) is 0 Å². The van der Waals surface area contributed by atoms with Crippen LogP contribution in [0.15, 0.2) is 24.3 Å². The van der Waals surface area contributed by atoms with E-state index in [1.54, 1.807) is 13.0 Å². The largest absolute Gasteiger partial charge is 0.465 e. The van der Waals surface area contributed by atoms with Gasteiger partial charge in [0.15, 0.2) is 0 Å². The molecule has 1 N–H and O–H groups in total. The summed E-state index contributed by atoms with van der Waals surface area (Å²) in [5, 5.41) is 2.37. The van der Waals surface area contributed by atoms with Gasteiger partial charge in [-0.15, -0.1) is 0 Å². The van der Waals surface area contributed by atoms with E-state index in [0.29, 0.717) is 5.69 Å². The molecule has 98 valence electrons.